The van der Waals surface area contributed by atoms with Gasteiger partial charge in [0, 0.05) is 1.37 Å². The number of hydrogen-bond acceptors (Lipinski definition) is 1. The van der Waals surface area contributed by atoms with Gasteiger partial charge in [-0.1, -0.05) is 39.0 Å². The van der Waals surface area contributed by atoms with Crippen LogP contribution in [0.3, 0.4) is 0 Å². The van der Waals surface area contributed by atoms with Crippen LogP contribution in [0.2, 0.25) is 0 Å². The van der Waals surface area contributed by atoms with Crippen molar-refractivity contribution in [1.82, 2.24) is 0 Å². The molecule has 2 atom stereocenters. The smallest absolute Gasteiger partial charge is 0.0540 e. The van der Waals surface area contributed by atoms with Gasteiger partial charge in [-0.05, 0) is 18.7 Å². The monoisotopic (exact) mass is 157 g/mol. The molecule has 1 rings (SSSR count). The number of rotatable bonds is 2. The van der Waals surface area contributed by atoms with Crippen molar-refractivity contribution >= 4 is 0 Å². The SMILES string of the molecule is [2H][C@](C)(C1CCCCC1)[C@H](C)O. The zero-order valence-corrected chi connectivity index (χ0v) is 7.64. The summed E-state index contributed by atoms with van der Waals surface area (Å²) in [7, 11) is 0. The molecule has 1 fully saturated rings. The molecule has 0 radical (unpaired) electrons. The topological polar surface area (TPSA) is 20.2 Å². The van der Waals surface area contributed by atoms with Crippen LogP contribution in [0.15, 0.2) is 0 Å². The fourth-order valence-electron chi connectivity index (χ4n) is 1.90. The predicted molar refractivity (Wildman–Crippen MR) is 47.4 cm³/mol. The lowest BCUT2D eigenvalue weighted by atomic mass is 9.79. The zero-order chi connectivity index (χ0) is 9.19. The maximum Gasteiger partial charge on any atom is 0.0540 e. The van der Waals surface area contributed by atoms with Crippen LogP contribution < -0.4 is 0 Å². The lowest BCUT2D eigenvalue weighted by Gasteiger charge is -2.29. The molecule has 66 valence electrons. The molecule has 0 spiro atoms. The first kappa shape index (κ1) is 7.60. The Bertz CT molecular complexity index is 137. The van der Waals surface area contributed by atoms with Crippen molar-refractivity contribution in [2.45, 2.75) is 52.1 Å². The Kier molecular flexibility index (Phi) is 2.84. The highest BCUT2D eigenvalue weighted by atomic mass is 16.3. The quantitative estimate of drug-likeness (QED) is 0.653. The first-order chi connectivity index (χ1) is 5.55. The summed E-state index contributed by atoms with van der Waals surface area (Å²) < 4.78 is 8.03. The molecule has 0 aromatic rings. The Hall–Kier alpha value is -0.0400. The largest absolute Gasteiger partial charge is 0.393 e. The van der Waals surface area contributed by atoms with Crippen molar-refractivity contribution in [1.29, 1.82) is 0 Å². The maximum absolute atomic E-state index is 9.44. The van der Waals surface area contributed by atoms with Gasteiger partial charge in [0.15, 0.2) is 0 Å². The Morgan fingerprint density at radius 2 is 1.82 bits per heavy atom. The molecule has 0 amide bonds. The average Bonchev–Trinajstić information content (AvgIpc) is 2.06. The van der Waals surface area contributed by atoms with Gasteiger partial charge >= 0.3 is 0 Å². The number of hydrogen-bond donors (Lipinski definition) is 1. The molecule has 1 nitrogen and oxygen atoms in total. The third-order valence-electron chi connectivity index (χ3n) is 2.91. The fraction of sp³-hybridized carbons (Fsp3) is 1.00. The van der Waals surface area contributed by atoms with Gasteiger partial charge < -0.3 is 5.11 Å². The van der Waals surface area contributed by atoms with Crippen molar-refractivity contribution in [2.75, 3.05) is 0 Å². The van der Waals surface area contributed by atoms with E-state index in [1.165, 1.54) is 19.3 Å². The van der Waals surface area contributed by atoms with Gasteiger partial charge in [0.05, 0.1) is 6.10 Å². The summed E-state index contributed by atoms with van der Waals surface area (Å²) in [4.78, 5) is 0. The van der Waals surface area contributed by atoms with Crippen LogP contribution in [0.1, 0.15) is 47.3 Å². The lowest BCUT2D eigenvalue weighted by Crippen LogP contribution is -2.24. The zero-order valence-electron chi connectivity index (χ0n) is 8.64. The normalized spacial score (nSPS) is 30.6. The molecular weight excluding hydrogens is 136 g/mol. The van der Waals surface area contributed by atoms with E-state index in [4.69, 9.17) is 1.37 Å². The highest BCUT2D eigenvalue weighted by molar-refractivity contribution is 4.73. The molecular formula is C10H20O. The van der Waals surface area contributed by atoms with Crippen LogP contribution in [-0.2, 0) is 0 Å². The van der Waals surface area contributed by atoms with E-state index in [0.29, 0.717) is 5.92 Å². The Morgan fingerprint density at radius 1 is 1.27 bits per heavy atom. The van der Waals surface area contributed by atoms with E-state index in [0.717, 1.165) is 12.8 Å². The van der Waals surface area contributed by atoms with Crippen LogP contribution in [0, 0.1) is 11.8 Å². The summed E-state index contributed by atoms with van der Waals surface area (Å²) in [5.74, 6) is -0.216. The second-order valence-corrected chi connectivity index (χ2v) is 3.75. The third kappa shape index (κ3) is 2.48. The molecule has 0 unspecified atom stereocenters. The molecule has 11 heavy (non-hydrogen) atoms. The van der Waals surface area contributed by atoms with Crippen molar-refractivity contribution in [2.24, 2.45) is 11.8 Å². The van der Waals surface area contributed by atoms with Gasteiger partial charge in [0.25, 0.3) is 0 Å². The van der Waals surface area contributed by atoms with Crippen LogP contribution in [0.25, 0.3) is 0 Å². The van der Waals surface area contributed by atoms with E-state index in [2.05, 4.69) is 0 Å². The molecule has 0 saturated heterocycles. The summed E-state index contributed by atoms with van der Waals surface area (Å²) in [6.07, 6.45) is 5.56. The van der Waals surface area contributed by atoms with Crippen LogP contribution in [-0.4, -0.2) is 11.2 Å². The number of aliphatic hydroxyl groups excluding tert-OH is 1. The van der Waals surface area contributed by atoms with Crippen LogP contribution in [0.5, 0.6) is 0 Å². The summed E-state index contributed by atoms with van der Waals surface area (Å²) in [5.41, 5.74) is 0. The van der Waals surface area contributed by atoms with Gasteiger partial charge in [-0.15, -0.1) is 0 Å². The number of aliphatic hydroxyl groups is 1. The highest BCUT2D eigenvalue weighted by Crippen LogP contribution is 2.31. The molecule has 0 aromatic heterocycles. The minimum Gasteiger partial charge on any atom is -0.393 e. The highest BCUT2D eigenvalue weighted by Gasteiger charge is 2.22. The third-order valence-corrected chi connectivity index (χ3v) is 2.91. The van der Waals surface area contributed by atoms with E-state index in [-0.39, 0.29) is 0 Å². The van der Waals surface area contributed by atoms with E-state index >= 15 is 0 Å². The first-order valence-electron chi connectivity index (χ1n) is 5.23. The molecule has 1 saturated carbocycles. The predicted octanol–water partition coefficient (Wildman–Crippen LogP) is 2.58. The van der Waals surface area contributed by atoms with Crippen molar-refractivity contribution in [3.63, 3.8) is 0 Å². The summed E-state index contributed by atoms with van der Waals surface area (Å²) in [6, 6.07) is 0. The minimum atomic E-state index is -0.625. The van der Waals surface area contributed by atoms with Gasteiger partial charge in [-0.3, -0.25) is 0 Å². The maximum atomic E-state index is 9.44. The van der Waals surface area contributed by atoms with Gasteiger partial charge in [-0.25, -0.2) is 0 Å². The molecule has 0 aromatic carbocycles. The van der Waals surface area contributed by atoms with Crippen molar-refractivity contribution in [3.8, 4) is 0 Å². The fourth-order valence-corrected chi connectivity index (χ4v) is 1.90. The molecule has 1 N–H and O–H groups in total. The van der Waals surface area contributed by atoms with E-state index in [1.807, 2.05) is 6.92 Å². The standard InChI is InChI=1S/C10H20O/c1-8(9(2)11)10-6-4-3-5-7-10/h8-11H,3-7H2,1-2H3/t8-,9+/m1/s1/i8D. The molecule has 0 bridgehead atoms. The Balaban J connectivity index is 2.53. The average molecular weight is 157 g/mol. The first-order valence-corrected chi connectivity index (χ1v) is 4.73. The second-order valence-electron chi connectivity index (χ2n) is 3.75. The van der Waals surface area contributed by atoms with Gasteiger partial charge in [-0.2, -0.15) is 0 Å². The minimum absolute atomic E-state index is 0.409. The molecule has 1 heteroatoms. The Morgan fingerprint density at radius 3 is 2.27 bits per heavy atom. The molecule has 1 aliphatic carbocycles. The van der Waals surface area contributed by atoms with Gasteiger partial charge in [0.2, 0.25) is 0 Å². The van der Waals surface area contributed by atoms with E-state index < -0.39 is 12.0 Å². The lowest BCUT2D eigenvalue weighted by molar-refractivity contribution is 0.0835. The second kappa shape index (κ2) is 4.10. The Labute approximate surface area is 71.2 Å². The van der Waals surface area contributed by atoms with Crippen molar-refractivity contribution in [3.05, 3.63) is 0 Å². The summed E-state index contributed by atoms with van der Waals surface area (Å²) in [6.45, 7) is 3.61. The van der Waals surface area contributed by atoms with Gasteiger partial charge in [0.1, 0.15) is 0 Å². The van der Waals surface area contributed by atoms with E-state index in [1.54, 1.807) is 6.92 Å². The summed E-state index contributed by atoms with van der Waals surface area (Å²) in [5, 5.41) is 9.44. The van der Waals surface area contributed by atoms with E-state index in [9.17, 15) is 5.11 Å². The van der Waals surface area contributed by atoms with Crippen LogP contribution in [0.4, 0.5) is 0 Å². The van der Waals surface area contributed by atoms with Crippen LogP contribution >= 0.6 is 0 Å². The summed E-state index contributed by atoms with van der Waals surface area (Å²) >= 11 is 0. The van der Waals surface area contributed by atoms with Crippen molar-refractivity contribution < 1.29 is 6.48 Å². The molecule has 1 aliphatic rings. The molecule has 0 aliphatic heterocycles. The molecule has 0 heterocycles.